The van der Waals surface area contributed by atoms with Crippen molar-refractivity contribution in [1.82, 2.24) is 4.57 Å². The number of carbonyl (C=O) groups excluding carboxylic acids is 2. The predicted octanol–water partition coefficient (Wildman–Crippen LogP) is 1.94. The Morgan fingerprint density at radius 2 is 2.00 bits per heavy atom. The first-order valence-electron chi connectivity index (χ1n) is 7.17. The van der Waals surface area contributed by atoms with Crippen molar-refractivity contribution in [2.24, 2.45) is 23.2 Å². The molecule has 0 aromatic carbocycles. The fourth-order valence-corrected chi connectivity index (χ4v) is 2.84. The number of aromatic nitrogens is 1. The summed E-state index contributed by atoms with van der Waals surface area (Å²) in [6, 6.07) is 0. The zero-order chi connectivity index (χ0) is 15.8. The van der Waals surface area contributed by atoms with Gasteiger partial charge in [0, 0.05) is 0 Å². The van der Waals surface area contributed by atoms with E-state index in [2.05, 4.69) is 4.42 Å². The quantitative estimate of drug-likeness (QED) is 0.776. The van der Waals surface area contributed by atoms with Crippen LogP contribution in [-0.4, -0.2) is 23.1 Å². The summed E-state index contributed by atoms with van der Waals surface area (Å²) in [5, 5.41) is 0. The zero-order valence-electron chi connectivity index (χ0n) is 12.8. The normalized spacial score (nSPS) is 27.7. The Hall–Kier alpha value is -1.85. The summed E-state index contributed by atoms with van der Waals surface area (Å²) in [7, 11) is 0. The summed E-state index contributed by atoms with van der Waals surface area (Å²) >= 11 is 0. The summed E-state index contributed by atoms with van der Waals surface area (Å²) in [5.74, 6) is -1.21. The van der Waals surface area contributed by atoms with E-state index in [1.807, 2.05) is 27.7 Å². The fraction of sp³-hybridized carbons (Fsp3) is 0.667. The number of hydrogen-bond donors (Lipinski definition) is 0. The molecule has 0 N–H and O–H groups in total. The second-order valence-electron chi connectivity index (χ2n) is 6.22. The molecule has 1 aromatic heterocycles. The van der Waals surface area contributed by atoms with Crippen LogP contribution in [0.15, 0.2) is 21.7 Å². The molecule has 0 spiro atoms. The molecule has 0 aliphatic heterocycles. The van der Waals surface area contributed by atoms with Crippen LogP contribution in [0.5, 0.6) is 0 Å². The molecular weight excluding hydrogens is 274 g/mol. The van der Waals surface area contributed by atoms with Crippen LogP contribution in [0.2, 0.25) is 0 Å². The van der Waals surface area contributed by atoms with Gasteiger partial charge < -0.3 is 9.15 Å². The molecule has 0 bridgehead atoms. The minimum absolute atomic E-state index is 0.00148. The van der Waals surface area contributed by atoms with Crippen LogP contribution >= 0.6 is 0 Å². The molecule has 2 atom stereocenters. The van der Waals surface area contributed by atoms with E-state index in [1.165, 1.54) is 12.5 Å². The van der Waals surface area contributed by atoms with E-state index in [4.69, 9.17) is 4.74 Å². The monoisotopic (exact) mass is 295 g/mol. The molecule has 0 saturated heterocycles. The van der Waals surface area contributed by atoms with Crippen LogP contribution in [0, 0.1) is 23.2 Å². The molecule has 2 unspecified atom stereocenters. The highest BCUT2D eigenvalue weighted by Gasteiger charge is 2.66. The number of rotatable bonds is 5. The summed E-state index contributed by atoms with van der Waals surface area (Å²) in [6.07, 6.45) is 2.46. The van der Waals surface area contributed by atoms with Gasteiger partial charge in [-0.05, 0) is 17.8 Å². The Morgan fingerprint density at radius 1 is 1.38 bits per heavy atom. The van der Waals surface area contributed by atoms with E-state index in [0.717, 1.165) is 4.57 Å². The van der Waals surface area contributed by atoms with Gasteiger partial charge in [0.25, 0.3) is 0 Å². The third-order valence-electron chi connectivity index (χ3n) is 4.47. The standard InChI is InChI=1S/C15H21NO5/c1-9(2)8-21-12(17)7-15(10(3)11(15)4)13(18)16-5-6-20-14(16)19/h5-6,9-11H,7-8H2,1-4H3. The maximum Gasteiger partial charge on any atom is 0.425 e. The second-order valence-corrected chi connectivity index (χ2v) is 6.22. The summed E-state index contributed by atoms with van der Waals surface area (Å²) in [6.45, 7) is 8.04. The predicted molar refractivity (Wildman–Crippen MR) is 74.8 cm³/mol. The fourth-order valence-electron chi connectivity index (χ4n) is 2.84. The maximum absolute atomic E-state index is 12.6. The molecule has 21 heavy (non-hydrogen) atoms. The van der Waals surface area contributed by atoms with Gasteiger partial charge in [-0.3, -0.25) is 9.59 Å². The molecule has 0 amide bonds. The first kappa shape index (κ1) is 15.5. The summed E-state index contributed by atoms with van der Waals surface area (Å²) in [4.78, 5) is 36.1. The van der Waals surface area contributed by atoms with Crippen molar-refractivity contribution in [3.8, 4) is 0 Å². The van der Waals surface area contributed by atoms with E-state index >= 15 is 0 Å². The number of esters is 1. The topological polar surface area (TPSA) is 78.5 Å². The van der Waals surface area contributed by atoms with Gasteiger partial charge in [0.1, 0.15) is 6.26 Å². The van der Waals surface area contributed by atoms with Crippen molar-refractivity contribution in [3.63, 3.8) is 0 Å². The summed E-state index contributed by atoms with van der Waals surface area (Å²) in [5.41, 5.74) is -0.859. The average molecular weight is 295 g/mol. The van der Waals surface area contributed by atoms with E-state index in [0.29, 0.717) is 6.61 Å². The number of nitrogens with zero attached hydrogens (tertiary/aromatic N) is 1. The molecule has 2 rings (SSSR count). The highest BCUT2D eigenvalue weighted by molar-refractivity contribution is 5.92. The third kappa shape index (κ3) is 2.66. The Balaban J connectivity index is 2.16. The smallest absolute Gasteiger partial charge is 0.425 e. The van der Waals surface area contributed by atoms with Crippen molar-refractivity contribution >= 4 is 11.9 Å². The van der Waals surface area contributed by atoms with Crippen molar-refractivity contribution in [2.45, 2.75) is 34.1 Å². The van der Waals surface area contributed by atoms with E-state index in [-0.39, 0.29) is 30.1 Å². The molecular formula is C15H21NO5. The van der Waals surface area contributed by atoms with Crippen LogP contribution in [0.3, 0.4) is 0 Å². The maximum atomic E-state index is 12.6. The van der Waals surface area contributed by atoms with E-state index < -0.39 is 17.1 Å². The van der Waals surface area contributed by atoms with Gasteiger partial charge in [-0.25, -0.2) is 9.36 Å². The van der Waals surface area contributed by atoms with Gasteiger partial charge in [-0.15, -0.1) is 0 Å². The van der Waals surface area contributed by atoms with Gasteiger partial charge in [0.05, 0.1) is 24.6 Å². The third-order valence-corrected chi connectivity index (χ3v) is 4.47. The molecule has 6 nitrogen and oxygen atoms in total. The molecule has 0 radical (unpaired) electrons. The average Bonchev–Trinajstić information content (AvgIpc) is 2.78. The largest absolute Gasteiger partial charge is 0.465 e. The van der Waals surface area contributed by atoms with Crippen LogP contribution in [-0.2, 0) is 9.53 Å². The van der Waals surface area contributed by atoms with Crippen LogP contribution in [0.1, 0.15) is 38.9 Å². The number of oxazole rings is 1. The van der Waals surface area contributed by atoms with E-state index in [9.17, 15) is 14.4 Å². The number of carbonyl (C=O) groups is 2. The van der Waals surface area contributed by atoms with Crippen LogP contribution < -0.4 is 5.76 Å². The Morgan fingerprint density at radius 3 is 2.43 bits per heavy atom. The summed E-state index contributed by atoms with van der Waals surface area (Å²) < 4.78 is 10.7. The van der Waals surface area contributed by atoms with Gasteiger partial charge in [0.2, 0.25) is 5.91 Å². The van der Waals surface area contributed by atoms with Crippen molar-refractivity contribution in [2.75, 3.05) is 6.61 Å². The molecule has 1 aromatic rings. The highest BCUT2D eigenvalue weighted by atomic mass is 16.5. The van der Waals surface area contributed by atoms with Crippen molar-refractivity contribution in [3.05, 3.63) is 23.0 Å². The minimum atomic E-state index is -0.859. The first-order valence-corrected chi connectivity index (χ1v) is 7.17. The molecule has 1 heterocycles. The second kappa shape index (κ2) is 5.50. The minimum Gasteiger partial charge on any atom is -0.465 e. The lowest BCUT2D eigenvalue weighted by Gasteiger charge is -2.16. The van der Waals surface area contributed by atoms with Gasteiger partial charge in [0.15, 0.2) is 0 Å². The number of ether oxygens (including phenoxy) is 1. The lowest BCUT2D eigenvalue weighted by atomic mass is 9.96. The van der Waals surface area contributed by atoms with Gasteiger partial charge >= 0.3 is 11.7 Å². The van der Waals surface area contributed by atoms with Crippen LogP contribution in [0.25, 0.3) is 0 Å². The van der Waals surface area contributed by atoms with Crippen molar-refractivity contribution < 1.29 is 18.7 Å². The molecule has 1 saturated carbocycles. The molecule has 116 valence electrons. The Bertz CT molecular complexity index is 589. The number of hydrogen-bond acceptors (Lipinski definition) is 5. The molecule has 6 heteroatoms. The lowest BCUT2D eigenvalue weighted by molar-refractivity contribution is -0.146. The first-order chi connectivity index (χ1) is 9.80. The molecule has 1 aliphatic carbocycles. The van der Waals surface area contributed by atoms with E-state index in [1.54, 1.807) is 0 Å². The van der Waals surface area contributed by atoms with Gasteiger partial charge in [-0.1, -0.05) is 27.7 Å². The molecule has 1 fully saturated rings. The SMILES string of the molecule is CC(C)COC(=O)CC1(C(=O)n2ccoc2=O)C(C)C1C. The molecule has 1 aliphatic rings. The van der Waals surface area contributed by atoms with Crippen LogP contribution in [0.4, 0.5) is 0 Å². The Labute approximate surface area is 123 Å². The van der Waals surface area contributed by atoms with Crippen molar-refractivity contribution in [1.29, 1.82) is 0 Å². The lowest BCUT2D eigenvalue weighted by Crippen LogP contribution is -2.34. The highest BCUT2D eigenvalue weighted by Crippen LogP contribution is 2.61. The Kier molecular flexibility index (Phi) is 4.07. The van der Waals surface area contributed by atoms with Gasteiger partial charge in [-0.2, -0.15) is 0 Å². The zero-order valence-corrected chi connectivity index (χ0v) is 12.8.